The zero-order valence-corrected chi connectivity index (χ0v) is 27.8. The minimum atomic E-state index is -4.42. The number of fused-ring (bicyclic) bond motifs is 1. The lowest BCUT2D eigenvalue weighted by atomic mass is 10.0. The van der Waals surface area contributed by atoms with Crippen molar-refractivity contribution >= 4 is 28.7 Å². The fraction of sp³-hybridized carbons (Fsp3) is 0.270. The summed E-state index contributed by atoms with van der Waals surface area (Å²) in [6.45, 7) is 6.80. The van der Waals surface area contributed by atoms with Gasteiger partial charge in [0.25, 0.3) is 0 Å². The van der Waals surface area contributed by atoms with E-state index in [-0.39, 0.29) is 35.7 Å². The molecular formula is C37H35F5N4O2S. The summed E-state index contributed by atoms with van der Waals surface area (Å²) >= 11 is 1.11. The van der Waals surface area contributed by atoms with Gasteiger partial charge in [-0.25, -0.2) is 13.8 Å². The average Bonchev–Trinajstić information content (AvgIpc) is 3.10. The van der Waals surface area contributed by atoms with Crippen molar-refractivity contribution in [2.75, 3.05) is 26.2 Å². The number of benzene rings is 3. The van der Waals surface area contributed by atoms with Gasteiger partial charge in [-0.15, -0.1) is 11.8 Å². The maximum absolute atomic E-state index is 14.5. The molecule has 49 heavy (non-hydrogen) atoms. The minimum Gasteiger partial charge on any atom is -0.336 e. The quantitative estimate of drug-likeness (QED) is 0.0924. The number of aromatic nitrogens is 2. The van der Waals surface area contributed by atoms with Crippen molar-refractivity contribution in [2.45, 2.75) is 43.9 Å². The molecule has 12 heteroatoms. The first kappa shape index (κ1) is 35.7. The van der Waals surface area contributed by atoms with Crippen molar-refractivity contribution in [3.63, 3.8) is 0 Å². The standard InChI is InChI=1S/C37H35F5N4O2S/c1-3-44(4-2)19-20-45(22-25-10-12-26(13-11-25)27-14-16-29(17-15-27)37(40,41)42)33(48)23-46-34(21-32(47)30-8-6-18-43-36(30)46)49-24-28-7-5-9-31(38)35(28)39/h5-18,21H,3-4,19-20,22-24H2,1-2H3. The highest BCUT2D eigenvalue weighted by Gasteiger charge is 2.30. The lowest BCUT2D eigenvalue weighted by Gasteiger charge is -2.28. The van der Waals surface area contributed by atoms with Gasteiger partial charge in [-0.2, -0.15) is 13.2 Å². The van der Waals surface area contributed by atoms with Gasteiger partial charge in [-0.1, -0.05) is 62.4 Å². The summed E-state index contributed by atoms with van der Waals surface area (Å²) in [5, 5.41) is 0.711. The largest absolute Gasteiger partial charge is 0.416 e. The lowest BCUT2D eigenvalue weighted by Crippen LogP contribution is -2.40. The third-order valence-corrected chi connectivity index (χ3v) is 9.42. The van der Waals surface area contributed by atoms with Crippen molar-refractivity contribution < 1.29 is 26.7 Å². The molecule has 0 bridgehead atoms. The molecule has 0 unspecified atom stereocenters. The number of hydrogen-bond donors (Lipinski definition) is 0. The van der Waals surface area contributed by atoms with Crippen LogP contribution < -0.4 is 5.43 Å². The van der Waals surface area contributed by atoms with Gasteiger partial charge >= 0.3 is 6.18 Å². The van der Waals surface area contributed by atoms with Crippen molar-refractivity contribution in [1.29, 1.82) is 0 Å². The third kappa shape index (κ3) is 8.73. The van der Waals surface area contributed by atoms with Gasteiger partial charge in [-0.3, -0.25) is 9.59 Å². The Labute approximate surface area is 285 Å². The Morgan fingerprint density at radius 1 is 0.878 bits per heavy atom. The molecule has 5 aromatic rings. The molecule has 0 aliphatic rings. The number of carbonyl (C=O) groups is 1. The summed E-state index contributed by atoms with van der Waals surface area (Å²) in [7, 11) is 0. The molecule has 6 nitrogen and oxygen atoms in total. The van der Waals surface area contributed by atoms with Gasteiger partial charge in [0.05, 0.1) is 16.0 Å². The van der Waals surface area contributed by atoms with Gasteiger partial charge in [0.1, 0.15) is 12.2 Å². The maximum Gasteiger partial charge on any atom is 0.416 e. The minimum absolute atomic E-state index is 0.0204. The lowest BCUT2D eigenvalue weighted by molar-refractivity contribution is -0.137. The molecule has 0 aliphatic heterocycles. The Hall–Kier alpha value is -4.55. The molecule has 0 atom stereocenters. The first-order valence-corrected chi connectivity index (χ1v) is 16.8. The predicted octanol–water partition coefficient (Wildman–Crippen LogP) is 8.02. The third-order valence-electron chi connectivity index (χ3n) is 8.34. The molecule has 0 fully saturated rings. The van der Waals surface area contributed by atoms with Crippen LogP contribution in [0.4, 0.5) is 22.0 Å². The summed E-state index contributed by atoms with van der Waals surface area (Å²) < 4.78 is 69.1. The molecule has 1 amide bonds. The van der Waals surface area contributed by atoms with Crippen LogP contribution in [0.3, 0.4) is 0 Å². The Morgan fingerprint density at radius 3 is 2.20 bits per heavy atom. The van der Waals surface area contributed by atoms with E-state index in [1.807, 2.05) is 38.1 Å². The highest BCUT2D eigenvalue weighted by molar-refractivity contribution is 7.98. The van der Waals surface area contributed by atoms with E-state index in [0.29, 0.717) is 34.7 Å². The van der Waals surface area contributed by atoms with E-state index in [4.69, 9.17) is 0 Å². The van der Waals surface area contributed by atoms with E-state index in [1.54, 1.807) is 21.6 Å². The number of hydrogen-bond acceptors (Lipinski definition) is 5. The number of nitrogens with zero attached hydrogens (tertiary/aromatic N) is 4. The molecule has 2 aromatic heterocycles. The average molecular weight is 695 g/mol. The number of rotatable bonds is 13. The van der Waals surface area contributed by atoms with Crippen LogP contribution in [0.1, 0.15) is 30.5 Å². The Balaban J connectivity index is 1.42. The SMILES string of the molecule is CCN(CC)CCN(Cc1ccc(-c2ccc(C(F)(F)F)cc2)cc1)C(=O)Cn1c(SCc2cccc(F)c2F)cc(=O)c2cccnc21. The van der Waals surface area contributed by atoms with E-state index in [9.17, 15) is 31.5 Å². The molecular weight excluding hydrogens is 659 g/mol. The van der Waals surface area contributed by atoms with Crippen molar-refractivity contribution in [3.8, 4) is 11.1 Å². The number of halogens is 5. The monoisotopic (exact) mass is 694 g/mol. The zero-order chi connectivity index (χ0) is 35.1. The van der Waals surface area contributed by atoms with E-state index in [1.165, 1.54) is 36.5 Å². The van der Waals surface area contributed by atoms with Crippen molar-refractivity contribution in [2.24, 2.45) is 0 Å². The molecule has 0 N–H and O–H groups in total. The number of amides is 1. The molecule has 256 valence electrons. The fourth-order valence-electron chi connectivity index (χ4n) is 5.46. The summed E-state index contributed by atoms with van der Waals surface area (Å²) in [5.41, 5.74) is 1.59. The van der Waals surface area contributed by atoms with Gasteiger partial charge in [-0.05, 0) is 60.1 Å². The van der Waals surface area contributed by atoms with Crippen LogP contribution in [0.2, 0.25) is 0 Å². The summed E-state index contributed by atoms with van der Waals surface area (Å²) in [4.78, 5) is 35.5. The van der Waals surface area contributed by atoms with Gasteiger partial charge < -0.3 is 14.4 Å². The van der Waals surface area contributed by atoms with Gasteiger partial charge in [0.2, 0.25) is 5.91 Å². The normalized spacial score (nSPS) is 11.8. The summed E-state index contributed by atoms with van der Waals surface area (Å²) in [6, 6.07) is 20.8. The molecule has 0 radical (unpaired) electrons. The molecule has 0 spiro atoms. The van der Waals surface area contributed by atoms with E-state index < -0.39 is 23.4 Å². The van der Waals surface area contributed by atoms with E-state index in [0.717, 1.165) is 54.2 Å². The van der Waals surface area contributed by atoms with Crippen LogP contribution in [-0.2, 0) is 29.8 Å². The number of pyridine rings is 2. The Morgan fingerprint density at radius 2 is 1.55 bits per heavy atom. The van der Waals surface area contributed by atoms with Crippen LogP contribution in [0, 0.1) is 11.6 Å². The van der Waals surface area contributed by atoms with Crippen LogP contribution in [-0.4, -0.2) is 51.4 Å². The van der Waals surface area contributed by atoms with E-state index in [2.05, 4.69) is 9.88 Å². The predicted molar refractivity (Wildman–Crippen MR) is 182 cm³/mol. The van der Waals surface area contributed by atoms with Crippen LogP contribution in [0.5, 0.6) is 0 Å². The Kier molecular flexibility index (Phi) is 11.5. The highest BCUT2D eigenvalue weighted by Crippen LogP contribution is 2.31. The Bertz CT molecular complexity index is 1960. The van der Waals surface area contributed by atoms with Crippen molar-refractivity contribution in [1.82, 2.24) is 19.4 Å². The van der Waals surface area contributed by atoms with E-state index >= 15 is 0 Å². The van der Waals surface area contributed by atoms with Crippen LogP contribution in [0.15, 0.2) is 101 Å². The molecule has 0 saturated carbocycles. The van der Waals surface area contributed by atoms with Crippen LogP contribution in [0.25, 0.3) is 22.2 Å². The zero-order valence-electron chi connectivity index (χ0n) is 27.0. The highest BCUT2D eigenvalue weighted by atomic mass is 32.2. The first-order chi connectivity index (χ1) is 23.5. The fourth-order valence-corrected chi connectivity index (χ4v) is 6.49. The van der Waals surface area contributed by atoms with Crippen molar-refractivity contribution in [3.05, 3.63) is 130 Å². The number of alkyl halides is 3. The smallest absolute Gasteiger partial charge is 0.336 e. The number of likely N-dealkylation sites (N-methyl/N-ethyl adjacent to an activating group) is 1. The van der Waals surface area contributed by atoms with Gasteiger partial charge in [0.15, 0.2) is 17.1 Å². The maximum atomic E-state index is 14.5. The molecule has 3 aromatic carbocycles. The topological polar surface area (TPSA) is 58.4 Å². The molecule has 5 rings (SSSR count). The number of carbonyl (C=O) groups excluding carboxylic acids is 1. The summed E-state index contributed by atoms with van der Waals surface area (Å²) in [5.74, 6) is -2.16. The second-order valence-electron chi connectivity index (χ2n) is 11.4. The van der Waals surface area contributed by atoms with Gasteiger partial charge in [0, 0.05) is 43.2 Å². The molecule has 2 heterocycles. The first-order valence-electron chi connectivity index (χ1n) is 15.8. The molecule has 0 aliphatic carbocycles. The van der Waals surface area contributed by atoms with Crippen LogP contribution >= 0.6 is 11.8 Å². The molecule has 0 saturated heterocycles. The second-order valence-corrected chi connectivity index (χ2v) is 12.4. The second kappa shape index (κ2) is 15.8. The summed E-state index contributed by atoms with van der Waals surface area (Å²) in [6.07, 6.45) is -2.89. The number of thioether (sulfide) groups is 1.